The fourth-order valence-corrected chi connectivity index (χ4v) is 1.79. The van der Waals surface area contributed by atoms with Crippen LogP contribution < -0.4 is 11.1 Å². The molecule has 0 amide bonds. The second-order valence-electron chi connectivity index (χ2n) is 4.61. The summed E-state index contributed by atoms with van der Waals surface area (Å²) >= 11 is 0. The molecule has 0 aliphatic heterocycles. The van der Waals surface area contributed by atoms with Crippen molar-refractivity contribution >= 4 is 17.3 Å². The summed E-state index contributed by atoms with van der Waals surface area (Å²) in [5.41, 5.74) is 5.18. The molecule has 0 saturated heterocycles. The number of nitrogens with two attached hydrogens (primary N) is 1. The van der Waals surface area contributed by atoms with E-state index in [-0.39, 0.29) is 23.5 Å². The normalized spacial score (nSPS) is 11.3. The van der Waals surface area contributed by atoms with E-state index in [9.17, 15) is 15.2 Å². The van der Waals surface area contributed by atoms with E-state index >= 15 is 0 Å². The zero-order valence-electron chi connectivity index (χ0n) is 11.2. The standard InChI is InChI=1S/C12H20N4O3/c1-3-12(4-2,8-17)7-14-11-6-9(16(18)19)5-10(13)15-11/h5-6,17H,3-4,7-8H2,1-2H3,(H3,13,14,15). The third kappa shape index (κ3) is 3.78. The molecule has 0 atom stereocenters. The van der Waals surface area contributed by atoms with E-state index in [1.807, 2.05) is 13.8 Å². The molecule has 0 saturated carbocycles. The van der Waals surface area contributed by atoms with Crippen LogP contribution in [0.25, 0.3) is 0 Å². The highest BCUT2D eigenvalue weighted by molar-refractivity contribution is 5.52. The molecule has 19 heavy (non-hydrogen) atoms. The van der Waals surface area contributed by atoms with Crippen molar-refractivity contribution in [3.05, 3.63) is 22.2 Å². The fourth-order valence-electron chi connectivity index (χ4n) is 1.79. The Morgan fingerprint density at radius 1 is 1.47 bits per heavy atom. The number of nitrogen functional groups attached to an aromatic ring is 1. The number of hydrogen-bond donors (Lipinski definition) is 3. The van der Waals surface area contributed by atoms with Gasteiger partial charge in [-0.15, -0.1) is 0 Å². The number of aliphatic hydroxyl groups excluding tert-OH is 1. The number of hydrogen-bond acceptors (Lipinski definition) is 6. The van der Waals surface area contributed by atoms with E-state index < -0.39 is 4.92 Å². The number of nitrogens with zero attached hydrogens (tertiary/aromatic N) is 2. The Kier molecular flexibility index (Phi) is 5.05. The Labute approximate surface area is 112 Å². The van der Waals surface area contributed by atoms with E-state index in [1.165, 1.54) is 12.1 Å². The molecule has 4 N–H and O–H groups in total. The van der Waals surface area contributed by atoms with Gasteiger partial charge < -0.3 is 16.2 Å². The maximum atomic E-state index is 10.7. The first-order valence-electron chi connectivity index (χ1n) is 6.23. The predicted octanol–water partition coefficient (Wildman–Crippen LogP) is 1.78. The van der Waals surface area contributed by atoms with Crippen LogP contribution in [0.5, 0.6) is 0 Å². The average Bonchev–Trinajstić information content (AvgIpc) is 2.40. The first-order valence-corrected chi connectivity index (χ1v) is 6.23. The van der Waals surface area contributed by atoms with Crippen molar-refractivity contribution in [3.8, 4) is 0 Å². The Hall–Kier alpha value is -1.89. The molecule has 0 fully saturated rings. The van der Waals surface area contributed by atoms with Crippen LogP contribution >= 0.6 is 0 Å². The molecule has 7 nitrogen and oxygen atoms in total. The monoisotopic (exact) mass is 268 g/mol. The molecule has 0 aliphatic carbocycles. The molecule has 1 aromatic rings. The Balaban J connectivity index is 2.85. The first kappa shape index (κ1) is 15.2. The van der Waals surface area contributed by atoms with E-state index in [0.29, 0.717) is 12.4 Å². The van der Waals surface area contributed by atoms with E-state index in [4.69, 9.17) is 5.73 Å². The summed E-state index contributed by atoms with van der Waals surface area (Å²) in [6.45, 7) is 4.54. The molecule has 0 unspecified atom stereocenters. The van der Waals surface area contributed by atoms with Crippen LogP contribution in [-0.4, -0.2) is 28.2 Å². The van der Waals surface area contributed by atoms with Crippen LogP contribution in [0.3, 0.4) is 0 Å². The highest BCUT2D eigenvalue weighted by Gasteiger charge is 2.25. The summed E-state index contributed by atoms with van der Waals surface area (Å²) in [4.78, 5) is 14.2. The van der Waals surface area contributed by atoms with Crippen LogP contribution in [0.4, 0.5) is 17.3 Å². The lowest BCUT2D eigenvalue weighted by Gasteiger charge is -2.29. The van der Waals surface area contributed by atoms with Crippen LogP contribution in [0.2, 0.25) is 0 Å². The zero-order chi connectivity index (χ0) is 14.5. The van der Waals surface area contributed by atoms with Gasteiger partial charge >= 0.3 is 0 Å². The fraction of sp³-hybridized carbons (Fsp3) is 0.583. The van der Waals surface area contributed by atoms with Gasteiger partial charge in [0.15, 0.2) is 0 Å². The topological polar surface area (TPSA) is 114 Å². The molecule has 1 aromatic heterocycles. The van der Waals surface area contributed by atoms with Crippen LogP contribution in [0, 0.1) is 15.5 Å². The number of nitrogens with one attached hydrogen (secondary N) is 1. The van der Waals surface area contributed by atoms with Crippen LogP contribution in [0.15, 0.2) is 12.1 Å². The van der Waals surface area contributed by atoms with Crippen molar-refractivity contribution in [2.75, 3.05) is 24.2 Å². The molecule has 7 heteroatoms. The highest BCUT2D eigenvalue weighted by Crippen LogP contribution is 2.27. The van der Waals surface area contributed by atoms with Gasteiger partial charge in [-0.25, -0.2) is 4.98 Å². The quantitative estimate of drug-likeness (QED) is 0.513. The summed E-state index contributed by atoms with van der Waals surface area (Å²) < 4.78 is 0. The Morgan fingerprint density at radius 2 is 2.11 bits per heavy atom. The average molecular weight is 268 g/mol. The molecule has 0 bridgehead atoms. The zero-order valence-corrected chi connectivity index (χ0v) is 11.2. The third-order valence-electron chi connectivity index (χ3n) is 3.52. The molecule has 1 heterocycles. The first-order chi connectivity index (χ1) is 8.96. The minimum Gasteiger partial charge on any atom is -0.396 e. The van der Waals surface area contributed by atoms with Gasteiger partial charge in [-0.1, -0.05) is 13.8 Å². The van der Waals surface area contributed by atoms with Gasteiger partial charge in [0.2, 0.25) is 0 Å². The Morgan fingerprint density at radius 3 is 2.58 bits per heavy atom. The van der Waals surface area contributed by atoms with Gasteiger partial charge in [0.05, 0.1) is 23.7 Å². The van der Waals surface area contributed by atoms with Gasteiger partial charge in [-0.2, -0.15) is 0 Å². The largest absolute Gasteiger partial charge is 0.396 e. The molecular formula is C12H20N4O3. The number of pyridine rings is 1. The third-order valence-corrected chi connectivity index (χ3v) is 3.52. The van der Waals surface area contributed by atoms with Crippen LogP contribution in [0.1, 0.15) is 26.7 Å². The lowest BCUT2D eigenvalue weighted by atomic mass is 9.83. The van der Waals surface area contributed by atoms with E-state index in [0.717, 1.165) is 12.8 Å². The molecule has 0 aliphatic rings. The number of aliphatic hydroxyl groups is 1. The molecule has 0 spiro atoms. The van der Waals surface area contributed by atoms with Crippen molar-refractivity contribution in [1.29, 1.82) is 0 Å². The summed E-state index contributed by atoms with van der Waals surface area (Å²) in [5.74, 6) is 0.450. The second-order valence-corrected chi connectivity index (χ2v) is 4.61. The summed E-state index contributed by atoms with van der Waals surface area (Å²) in [7, 11) is 0. The van der Waals surface area contributed by atoms with Gasteiger partial charge in [0.25, 0.3) is 5.69 Å². The number of nitro groups is 1. The number of anilines is 2. The van der Waals surface area contributed by atoms with Crippen molar-refractivity contribution in [2.24, 2.45) is 5.41 Å². The summed E-state index contributed by atoms with van der Waals surface area (Å²) in [6.07, 6.45) is 1.61. The Bertz CT molecular complexity index is 438. The molecule has 0 radical (unpaired) electrons. The van der Waals surface area contributed by atoms with Gasteiger partial charge in [0.1, 0.15) is 11.6 Å². The molecule has 0 aromatic carbocycles. The maximum Gasteiger partial charge on any atom is 0.276 e. The summed E-state index contributed by atoms with van der Waals surface area (Å²) in [6, 6.07) is 2.55. The highest BCUT2D eigenvalue weighted by atomic mass is 16.6. The SMILES string of the molecule is CCC(CC)(CO)CNc1cc([N+](=O)[O-])cc(N)n1. The maximum absolute atomic E-state index is 10.7. The lowest BCUT2D eigenvalue weighted by molar-refractivity contribution is -0.384. The minimum atomic E-state index is -0.512. The molecule has 1 rings (SSSR count). The molecule has 106 valence electrons. The summed E-state index contributed by atoms with van der Waals surface area (Å²) in [5, 5.41) is 23.2. The van der Waals surface area contributed by atoms with E-state index in [1.54, 1.807) is 0 Å². The van der Waals surface area contributed by atoms with Crippen molar-refractivity contribution in [3.63, 3.8) is 0 Å². The van der Waals surface area contributed by atoms with E-state index in [2.05, 4.69) is 10.3 Å². The molecular weight excluding hydrogens is 248 g/mol. The smallest absolute Gasteiger partial charge is 0.276 e. The second kappa shape index (κ2) is 6.33. The van der Waals surface area contributed by atoms with Gasteiger partial charge in [-0.3, -0.25) is 10.1 Å². The number of rotatable bonds is 7. The number of aromatic nitrogens is 1. The predicted molar refractivity (Wildman–Crippen MR) is 73.9 cm³/mol. The minimum absolute atomic E-state index is 0.0530. The lowest BCUT2D eigenvalue weighted by Crippen LogP contribution is -2.32. The van der Waals surface area contributed by atoms with Gasteiger partial charge in [0, 0.05) is 12.0 Å². The van der Waals surface area contributed by atoms with Crippen LogP contribution in [-0.2, 0) is 0 Å². The van der Waals surface area contributed by atoms with Crippen molar-refractivity contribution in [2.45, 2.75) is 26.7 Å². The van der Waals surface area contributed by atoms with Gasteiger partial charge in [-0.05, 0) is 12.8 Å². The van der Waals surface area contributed by atoms with Crippen molar-refractivity contribution in [1.82, 2.24) is 4.98 Å². The van der Waals surface area contributed by atoms with Crippen molar-refractivity contribution < 1.29 is 10.0 Å².